The van der Waals surface area contributed by atoms with E-state index in [1.807, 2.05) is 35.2 Å². The number of likely N-dealkylation sites (tertiary alicyclic amines) is 1. The van der Waals surface area contributed by atoms with Crippen molar-refractivity contribution >= 4 is 5.91 Å². The number of fused-ring (bicyclic) bond motifs is 1. The van der Waals surface area contributed by atoms with Crippen LogP contribution in [0.25, 0.3) is 11.4 Å². The minimum atomic E-state index is 0.00672. The molecule has 0 radical (unpaired) electrons. The summed E-state index contributed by atoms with van der Waals surface area (Å²) in [6, 6.07) is 15.1. The minimum Gasteiger partial charge on any atom is -0.454 e. The van der Waals surface area contributed by atoms with Crippen LogP contribution in [0.1, 0.15) is 35.0 Å². The number of amides is 1. The summed E-state index contributed by atoms with van der Waals surface area (Å²) in [6.07, 6.45) is 1.60. The molecule has 0 N–H and O–H groups in total. The molecule has 1 saturated heterocycles. The van der Waals surface area contributed by atoms with Crippen LogP contribution in [0, 0.1) is 0 Å². The monoisotopic (exact) mass is 377 g/mol. The Bertz CT molecular complexity index is 994. The van der Waals surface area contributed by atoms with Gasteiger partial charge in [-0.15, -0.1) is 0 Å². The first kappa shape index (κ1) is 16.8. The molecule has 1 aromatic heterocycles. The quantitative estimate of drug-likeness (QED) is 0.695. The number of carbonyl (C=O) groups is 1. The van der Waals surface area contributed by atoms with Crippen molar-refractivity contribution in [3.63, 3.8) is 0 Å². The largest absolute Gasteiger partial charge is 0.454 e. The number of ether oxygens (including phenoxy) is 2. The van der Waals surface area contributed by atoms with Gasteiger partial charge in [-0.2, -0.15) is 4.98 Å². The van der Waals surface area contributed by atoms with Gasteiger partial charge in [-0.05, 0) is 31.0 Å². The number of rotatable bonds is 3. The lowest BCUT2D eigenvalue weighted by Gasteiger charge is -2.30. The summed E-state index contributed by atoms with van der Waals surface area (Å²) in [4.78, 5) is 19.2. The van der Waals surface area contributed by atoms with E-state index >= 15 is 0 Å². The SMILES string of the molecule is O=C(c1ccc2c(c1)OCO2)N1CCC(c2nc(-c3ccccc3)no2)CC1. The second kappa shape index (κ2) is 6.99. The van der Waals surface area contributed by atoms with Gasteiger partial charge in [0.05, 0.1) is 0 Å². The molecule has 0 aliphatic carbocycles. The fourth-order valence-electron chi connectivity index (χ4n) is 3.65. The van der Waals surface area contributed by atoms with Gasteiger partial charge in [-0.1, -0.05) is 35.5 Å². The highest BCUT2D eigenvalue weighted by Gasteiger charge is 2.29. The zero-order chi connectivity index (χ0) is 18.9. The van der Waals surface area contributed by atoms with Crippen LogP contribution in [0.3, 0.4) is 0 Å². The summed E-state index contributed by atoms with van der Waals surface area (Å²) in [5.74, 6) is 2.74. The third kappa shape index (κ3) is 3.09. The van der Waals surface area contributed by atoms with Crippen LogP contribution in [0.4, 0.5) is 0 Å². The maximum atomic E-state index is 12.8. The van der Waals surface area contributed by atoms with Gasteiger partial charge in [0.25, 0.3) is 5.91 Å². The van der Waals surface area contributed by atoms with E-state index in [1.165, 1.54) is 0 Å². The highest BCUT2D eigenvalue weighted by Crippen LogP contribution is 2.34. The number of hydrogen-bond acceptors (Lipinski definition) is 6. The molecule has 0 unspecified atom stereocenters. The molecule has 3 aromatic rings. The Hall–Kier alpha value is -3.35. The molecule has 0 bridgehead atoms. The van der Waals surface area contributed by atoms with E-state index in [4.69, 9.17) is 14.0 Å². The average Bonchev–Trinajstić information content (AvgIpc) is 3.43. The summed E-state index contributed by atoms with van der Waals surface area (Å²) in [6.45, 7) is 1.51. The molecule has 142 valence electrons. The number of piperidine rings is 1. The number of nitrogens with zero attached hydrogens (tertiary/aromatic N) is 3. The van der Waals surface area contributed by atoms with Crippen LogP contribution in [-0.2, 0) is 0 Å². The summed E-state index contributed by atoms with van der Waals surface area (Å²) >= 11 is 0. The molecule has 3 heterocycles. The second-order valence-corrected chi connectivity index (χ2v) is 6.96. The highest BCUT2D eigenvalue weighted by molar-refractivity contribution is 5.95. The molecule has 2 aromatic carbocycles. The van der Waals surface area contributed by atoms with E-state index in [1.54, 1.807) is 18.2 Å². The fourth-order valence-corrected chi connectivity index (χ4v) is 3.65. The smallest absolute Gasteiger partial charge is 0.253 e. The van der Waals surface area contributed by atoms with E-state index in [0.29, 0.717) is 41.9 Å². The Labute approximate surface area is 161 Å². The number of carbonyl (C=O) groups excluding carboxylic acids is 1. The number of aromatic nitrogens is 2. The lowest BCUT2D eigenvalue weighted by atomic mass is 9.96. The van der Waals surface area contributed by atoms with Gasteiger partial charge in [0.15, 0.2) is 11.5 Å². The lowest BCUT2D eigenvalue weighted by Crippen LogP contribution is -2.38. The van der Waals surface area contributed by atoms with Crippen LogP contribution in [-0.4, -0.2) is 40.8 Å². The van der Waals surface area contributed by atoms with Gasteiger partial charge in [-0.3, -0.25) is 4.79 Å². The van der Waals surface area contributed by atoms with Crippen molar-refractivity contribution in [2.45, 2.75) is 18.8 Å². The van der Waals surface area contributed by atoms with Crippen molar-refractivity contribution in [3.05, 3.63) is 60.0 Å². The van der Waals surface area contributed by atoms with E-state index in [9.17, 15) is 4.79 Å². The van der Waals surface area contributed by atoms with Crippen LogP contribution >= 0.6 is 0 Å². The third-order valence-electron chi connectivity index (χ3n) is 5.22. The van der Waals surface area contributed by atoms with Crippen molar-refractivity contribution in [1.29, 1.82) is 0 Å². The van der Waals surface area contributed by atoms with Crippen molar-refractivity contribution < 1.29 is 18.8 Å². The summed E-state index contributed by atoms with van der Waals surface area (Å²) in [5, 5.41) is 4.10. The molecule has 0 atom stereocenters. The molecule has 0 spiro atoms. The van der Waals surface area contributed by atoms with E-state index in [2.05, 4.69) is 10.1 Å². The second-order valence-electron chi connectivity index (χ2n) is 6.96. The number of benzene rings is 2. The molecule has 5 rings (SSSR count). The van der Waals surface area contributed by atoms with Crippen LogP contribution < -0.4 is 9.47 Å². The predicted octanol–water partition coefficient (Wildman–Crippen LogP) is 3.49. The van der Waals surface area contributed by atoms with Gasteiger partial charge in [0.2, 0.25) is 18.5 Å². The van der Waals surface area contributed by atoms with Gasteiger partial charge in [0.1, 0.15) is 0 Å². The zero-order valence-corrected chi connectivity index (χ0v) is 15.2. The summed E-state index contributed by atoms with van der Waals surface area (Å²) in [5.41, 5.74) is 1.56. The molecule has 28 heavy (non-hydrogen) atoms. The van der Waals surface area contributed by atoms with Gasteiger partial charge in [-0.25, -0.2) is 0 Å². The molecule has 2 aliphatic rings. The van der Waals surface area contributed by atoms with Gasteiger partial charge >= 0.3 is 0 Å². The maximum absolute atomic E-state index is 12.8. The Morgan fingerprint density at radius 1 is 1.00 bits per heavy atom. The molecule has 0 saturated carbocycles. The normalized spacial score (nSPS) is 16.4. The van der Waals surface area contributed by atoms with Crippen LogP contribution in [0.2, 0.25) is 0 Å². The Balaban J connectivity index is 1.24. The molecule has 1 fully saturated rings. The Morgan fingerprint density at radius 2 is 1.79 bits per heavy atom. The minimum absolute atomic E-state index is 0.00672. The molecule has 2 aliphatic heterocycles. The first-order chi connectivity index (χ1) is 13.8. The van der Waals surface area contributed by atoms with E-state index in [0.717, 1.165) is 18.4 Å². The standard InChI is InChI=1S/C21H19N3O4/c25-21(16-6-7-17-18(12-16)27-13-26-17)24-10-8-15(9-11-24)20-22-19(23-28-20)14-4-2-1-3-5-14/h1-7,12,15H,8-11,13H2. The molecule has 7 heteroatoms. The van der Waals surface area contributed by atoms with Crippen molar-refractivity contribution in [2.24, 2.45) is 0 Å². The van der Waals surface area contributed by atoms with Gasteiger partial charge in [0, 0.05) is 30.1 Å². The Kier molecular flexibility index (Phi) is 4.20. The van der Waals surface area contributed by atoms with Crippen LogP contribution in [0.15, 0.2) is 53.1 Å². The average molecular weight is 377 g/mol. The highest BCUT2D eigenvalue weighted by atomic mass is 16.7. The molecular weight excluding hydrogens is 358 g/mol. The van der Waals surface area contributed by atoms with Gasteiger partial charge < -0.3 is 18.9 Å². The van der Waals surface area contributed by atoms with Crippen molar-refractivity contribution in [1.82, 2.24) is 15.0 Å². The number of hydrogen-bond donors (Lipinski definition) is 0. The first-order valence-corrected chi connectivity index (χ1v) is 9.36. The van der Waals surface area contributed by atoms with Crippen molar-refractivity contribution in [3.8, 4) is 22.9 Å². The third-order valence-corrected chi connectivity index (χ3v) is 5.22. The fraction of sp³-hybridized carbons (Fsp3) is 0.286. The van der Waals surface area contributed by atoms with E-state index in [-0.39, 0.29) is 18.6 Å². The molecule has 1 amide bonds. The molecular formula is C21H19N3O4. The Morgan fingerprint density at radius 3 is 2.61 bits per heavy atom. The zero-order valence-electron chi connectivity index (χ0n) is 15.2. The first-order valence-electron chi connectivity index (χ1n) is 9.36. The predicted molar refractivity (Wildman–Crippen MR) is 100 cm³/mol. The van der Waals surface area contributed by atoms with Crippen molar-refractivity contribution in [2.75, 3.05) is 19.9 Å². The summed E-state index contributed by atoms with van der Waals surface area (Å²) in [7, 11) is 0. The summed E-state index contributed by atoms with van der Waals surface area (Å²) < 4.78 is 16.2. The van der Waals surface area contributed by atoms with E-state index < -0.39 is 0 Å². The van der Waals surface area contributed by atoms with Crippen LogP contribution in [0.5, 0.6) is 11.5 Å². The topological polar surface area (TPSA) is 77.7 Å². The lowest BCUT2D eigenvalue weighted by molar-refractivity contribution is 0.0704. The maximum Gasteiger partial charge on any atom is 0.253 e. The molecule has 7 nitrogen and oxygen atoms in total.